The molecular formula is C16H15N3O4S. The summed E-state index contributed by atoms with van der Waals surface area (Å²) in [5.41, 5.74) is 0.801. The predicted molar refractivity (Wildman–Crippen MR) is 88.4 cm³/mol. The first kappa shape index (κ1) is 14.9. The second kappa shape index (κ2) is 5.20. The van der Waals surface area contributed by atoms with Gasteiger partial charge in [-0.05, 0) is 37.1 Å². The molecule has 0 spiro atoms. The number of anilines is 1. The van der Waals surface area contributed by atoms with Gasteiger partial charge in [-0.1, -0.05) is 6.07 Å². The van der Waals surface area contributed by atoms with Gasteiger partial charge in [0.1, 0.15) is 5.82 Å². The first-order valence-electron chi connectivity index (χ1n) is 7.53. The van der Waals surface area contributed by atoms with Gasteiger partial charge in [0.25, 0.3) is 10.0 Å². The quantitative estimate of drug-likeness (QED) is 0.721. The molecule has 0 atom stereocenters. The molecule has 2 heterocycles. The van der Waals surface area contributed by atoms with Crippen LogP contribution in [0.4, 0.5) is 5.82 Å². The van der Waals surface area contributed by atoms with E-state index in [-0.39, 0.29) is 16.5 Å². The normalized spacial score (nSPS) is 14.9. The minimum Gasteiger partial charge on any atom is -0.408 e. The Bertz CT molecular complexity index is 1070. The number of oxazole rings is 1. The Morgan fingerprint density at radius 2 is 2.04 bits per heavy atom. The molecule has 0 unspecified atom stereocenters. The van der Waals surface area contributed by atoms with E-state index in [1.807, 2.05) is 0 Å². The van der Waals surface area contributed by atoms with Crippen molar-refractivity contribution in [1.82, 2.24) is 9.55 Å². The average Bonchev–Trinajstić information content (AvgIpc) is 3.35. The highest BCUT2D eigenvalue weighted by atomic mass is 32.2. The minimum atomic E-state index is -3.79. The van der Waals surface area contributed by atoms with Crippen LogP contribution < -0.4 is 10.1 Å². The van der Waals surface area contributed by atoms with E-state index in [0.29, 0.717) is 11.3 Å². The van der Waals surface area contributed by atoms with E-state index < -0.39 is 15.8 Å². The van der Waals surface area contributed by atoms with Gasteiger partial charge < -0.3 is 4.42 Å². The van der Waals surface area contributed by atoms with Gasteiger partial charge in [0.15, 0.2) is 5.58 Å². The highest BCUT2D eigenvalue weighted by Crippen LogP contribution is 2.35. The molecule has 0 radical (unpaired) electrons. The van der Waals surface area contributed by atoms with Crippen LogP contribution in [0.1, 0.15) is 12.8 Å². The van der Waals surface area contributed by atoms with Crippen LogP contribution in [-0.2, 0) is 17.1 Å². The van der Waals surface area contributed by atoms with Crippen LogP contribution in [0.3, 0.4) is 0 Å². The summed E-state index contributed by atoms with van der Waals surface area (Å²) in [6.07, 6.45) is 3.18. The monoisotopic (exact) mass is 345 g/mol. The molecule has 1 aliphatic rings. The Labute approximate surface area is 138 Å². The number of pyridine rings is 1. The van der Waals surface area contributed by atoms with Crippen molar-refractivity contribution in [2.75, 3.05) is 4.31 Å². The Hall–Kier alpha value is -2.61. The summed E-state index contributed by atoms with van der Waals surface area (Å²) in [4.78, 5) is 15.9. The van der Waals surface area contributed by atoms with Crippen molar-refractivity contribution < 1.29 is 12.8 Å². The maximum absolute atomic E-state index is 13.1. The number of sulfonamides is 1. The third-order valence-corrected chi connectivity index (χ3v) is 5.93. The Balaban J connectivity index is 1.85. The molecule has 0 bridgehead atoms. The average molecular weight is 345 g/mol. The van der Waals surface area contributed by atoms with Crippen LogP contribution >= 0.6 is 0 Å². The van der Waals surface area contributed by atoms with Crippen LogP contribution in [0.5, 0.6) is 0 Å². The van der Waals surface area contributed by atoms with Crippen LogP contribution in [0.2, 0.25) is 0 Å². The first-order chi connectivity index (χ1) is 11.5. The van der Waals surface area contributed by atoms with Crippen molar-refractivity contribution in [3.63, 3.8) is 0 Å². The fourth-order valence-electron chi connectivity index (χ4n) is 2.69. The van der Waals surface area contributed by atoms with E-state index in [4.69, 9.17) is 4.42 Å². The fourth-order valence-corrected chi connectivity index (χ4v) is 4.37. The number of hydrogen-bond donors (Lipinski definition) is 0. The van der Waals surface area contributed by atoms with Gasteiger partial charge in [-0.2, -0.15) is 0 Å². The molecule has 124 valence electrons. The van der Waals surface area contributed by atoms with E-state index in [1.54, 1.807) is 37.5 Å². The second-order valence-electron chi connectivity index (χ2n) is 5.78. The maximum atomic E-state index is 13.1. The standard InChI is InChI=1S/C16H15N3O4S/c1-18-13-8-7-12(10-14(13)23-16(18)20)24(21,22)19(11-5-6-11)15-4-2-3-9-17-15/h2-4,7-11H,5-6H2,1H3. The molecule has 1 aromatic carbocycles. The van der Waals surface area contributed by atoms with Gasteiger partial charge in [-0.15, -0.1) is 0 Å². The van der Waals surface area contributed by atoms with Gasteiger partial charge in [0.2, 0.25) is 0 Å². The highest BCUT2D eigenvalue weighted by Gasteiger charge is 2.39. The molecule has 0 saturated heterocycles. The number of nitrogens with zero attached hydrogens (tertiary/aromatic N) is 3. The lowest BCUT2D eigenvalue weighted by Crippen LogP contribution is -2.33. The van der Waals surface area contributed by atoms with Crippen molar-refractivity contribution in [2.45, 2.75) is 23.8 Å². The molecule has 1 saturated carbocycles. The molecule has 1 fully saturated rings. The number of benzene rings is 1. The summed E-state index contributed by atoms with van der Waals surface area (Å²) in [6, 6.07) is 9.56. The van der Waals surface area contributed by atoms with Gasteiger partial charge in [-0.25, -0.2) is 22.5 Å². The van der Waals surface area contributed by atoms with Gasteiger partial charge in [-0.3, -0.25) is 4.57 Å². The number of aromatic nitrogens is 2. The van der Waals surface area contributed by atoms with Crippen LogP contribution in [-0.4, -0.2) is 24.0 Å². The summed E-state index contributed by atoms with van der Waals surface area (Å²) >= 11 is 0. The van der Waals surface area contributed by atoms with Gasteiger partial charge >= 0.3 is 5.76 Å². The summed E-state index contributed by atoms with van der Waals surface area (Å²) in [7, 11) is -2.21. The molecule has 8 heteroatoms. The fraction of sp³-hybridized carbons (Fsp3) is 0.250. The zero-order chi connectivity index (χ0) is 16.9. The molecule has 0 N–H and O–H groups in total. The number of aryl methyl sites for hydroxylation is 1. The minimum absolute atomic E-state index is 0.0802. The number of hydrogen-bond acceptors (Lipinski definition) is 5. The number of fused-ring (bicyclic) bond motifs is 1. The molecule has 4 rings (SSSR count). The third kappa shape index (κ3) is 2.30. The first-order valence-corrected chi connectivity index (χ1v) is 8.97. The lowest BCUT2D eigenvalue weighted by atomic mass is 10.3. The van der Waals surface area contributed by atoms with Gasteiger partial charge in [0, 0.05) is 25.4 Å². The van der Waals surface area contributed by atoms with Crippen molar-refractivity contribution >= 4 is 26.9 Å². The molecule has 3 aromatic rings. The van der Waals surface area contributed by atoms with Crippen LogP contribution in [0.25, 0.3) is 11.1 Å². The zero-order valence-corrected chi connectivity index (χ0v) is 13.7. The van der Waals surface area contributed by atoms with E-state index >= 15 is 0 Å². The van der Waals surface area contributed by atoms with Crippen molar-refractivity contribution in [1.29, 1.82) is 0 Å². The third-order valence-electron chi connectivity index (χ3n) is 4.07. The highest BCUT2D eigenvalue weighted by molar-refractivity contribution is 7.92. The summed E-state index contributed by atoms with van der Waals surface area (Å²) in [5.74, 6) is -0.127. The lowest BCUT2D eigenvalue weighted by molar-refractivity contribution is 0.527. The summed E-state index contributed by atoms with van der Waals surface area (Å²) < 4.78 is 34.0. The maximum Gasteiger partial charge on any atom is 0.419 e. The predicted octanol–water partition coefficient (Wildman–Crippen LogP) is 1.88. The van der Waals surface area contributed by atoms with E-state index in [2.05, 4.69) is 4.98 Å². The van der Waals surface area contributed by atoms with Gasteiger partial charge in [0.05, 0.1) is 10.4 Å². The topological polar surface area (TPSA) is 85.4 Å². The Morgan fingerprint density at radius 1 is 1.25 bits per heavy atom. The van der Waals surface area contributed by atoms with Crippen molar-refractivity contribution in [2.24, 2.45) is 7.05 Å². The molecule has 2 aromatic heterocycles. The number of rotatable bonds is 4. The lowest BCUT2D eigenvalue weighted by Gasteiger charge is -2.23. The molecule has 1 aliphatic carbocycles. The summed E-state index contributed by atoms with van der Waals surface area (Å²) in [5, 5.41) is 0. The largest absolute Gasteiger partial charge is 0.419 e. The van der Waals surface area contributed by atoms with Crippen LogP contribution in [0, 0.1) is 0 Å². The zero-order valence-electron chi connectivity index (χ0n) is 12.9. The molecule has 7 nitrogen and oxygen atoms in total. The van der Waals surface area contributed by atoms with Crippen LogP contribution in [0.15, 0.2) is 56.7 Å². The molecular weight excluding hydrogens is 330 g/mol. The molecule has 0 aliphatic heterocycles. The SMILES string of the molecule is Cn1c(=O)oc2cc(S(=O)(=O)N(c3ccccn3)C3CC3)ccc21. The molecule has 24 heavy (non-hydrogen) atoms. The van der Waals surface area contributed by atoms with E-state index in [1.165, 1.54) is 21.0 Å². The smallest absolute Gasteiger partial charge is 0.408 e. The van der Waals surface area contributed by atoms with E-state index in [9.17, 15) is 13.2 Å². The van der Waals surface area contributed by atoms with E-state index in [0.717, 1.165) is 12.8 Å². The van der Waals surface area contributed by atoms with Crippen molar-refractivity contribution in [3.8, 4) is 0 Å². The van der Waals surface area contributed by atoms with Crippen molar-refractivity contribution in [3.05, 3.63) is 53.1 Å². The second-order valence-corrected chi connectivity index (χ2v) is 7.59. The molecule has 0 amide bonds. The summed E-state index contributed by atoms with van der Waals surface area (Å²) in [6.45, 7) is 0. The Kier molecular flexibility index (Phi) is 3.24. The Morgan fingerprint density at radius 3 is 2.71 bits per heavy atom.